The highest BCUT2D eigenvalue weighted by molar-refractivity contribution is 6.32. The van der Waals surface area contributed by atoms with E-state index in [2.05, 4.69) is 27.9 Å². The molecule has 0 aromatic carbocycles. The molecule has 5 nitrogen and oxygen atoms in total. The Morgan fingerprint density at radius 3 is 2.61 bits per heavy atom. The highest BCUT2D eigenvalue weighted by Gasteiger charge is 2.31. The number of anilines is 1. The van der Waals surface area contributed by atoms with Gasteiger partial charge in [-0.3, -0.25) is 4.79 Å². The lowest BCUT2D eigenvalue weighted by atomic mass is 10.2. The van der Waals surface area contributed by atoms with Crippen LogP contribution in [0.1, 0.15) is 25.3 Å². The molecule has 0 saturated carbocycles. The maximum atomic E-state index is 12.5. The summed E-state index contributed by atoms with van der Waals surface area (Å²) in [7, 11) is 0. The van der Waals surface area contributed by atoms with Crippen molar-refractivity contribution in [2.75, 3.05) is 31.5 Å². The molecule has 0 unspecified atom stereocenters. The first kappa shape index (κ1) is 19.5. The van der Waals surface area contributed by atoms with Crippen molar-refractivity contribution in [3.63, 3.8) is 0 Å². The first-order valence-electron chi connectivity index (χ1n) is 7.28. The molecule has 1 heterocycles. The van der Waals surface area contributed by atoms with Gasteiger partial charge in [-0.15, -0.1) is 0 Å². The number of amides is 1. The second-order valence-corrected chi connectivity index (χ2v) is 5.24. The second-order valence-electron chi connectivity index (χ2n) is 4.83. The lowest BCUT2D eigenvalue weighted by molar-refractivity contribution is -0.137. The predicted molar refractivity (Wildman–Crippen MR) is 83.5 cm³/mol. The number of hydrogen-bond acceptors (Lipinski definition) is 4. The highest BCUT2D eigenvalue weighted by Crippen LogP contribution is 2.32. The van der Waals surface area contributed by atoms with Crippen LogP contribution in [0.2, 0.25) is 5.02 Å². The molecule has 0 fully saturated rings. The Morgan fingerprint density at radius 1 is 1.26 bits per heavy atom. The molecule has 9 heteroatoms. The fraction of sp³-hybridized carbons (Fsp3) is 0.571. The normalized spacial score (nSPS) is 11.3. The quantitative estimate of drug-likeness (QED) is 0.598. The smallest absolute Gasteiger partial charge is 0.368 e. The summed E-state index contributed by atoms with van der Waals surface area (Å²) >= 11 is 5.75. The molecule has 1 amide bonds. The molecule has 0 aliphatic carbocycles. The number of alkyl halides is 3. The van der Waals surface area contributed by atoms with Gasteiger partial charge < -0.3 is 16.0 Å². The van der Waals surface area contributed by atoms with Crippen LogP contribution in [-0.4, -0.2) is 37.1 Å². The zero-order valence-corrected chi connectivity index (χ0v) is 13.5. The van der Waals surface area contributed by atoms with Crippen LogP contribution in [0.4, 0.5) is 19.0 Å². The van der Waals surface area contributed by atoms with Gasteiger partial charge in [0, 0.05) is 32.3 Å². The van der Waals surface area contributed by atoms with Gasteiger partial charge in [0.15, 0.2) is 0 Å². The van der Waals surface area contributed by atoms with Crippen LogP contribution in [0.5, 0.6) is 0 Å². The molecule has 0 aliphatic rings. The number of pyridine rings is 1. The average molecular weight is 353 g/mol. The van der Waals surface area contributed by atoms with Crippen molar-refractivity contribution in [2.45, 2.75) is 25.9 Å². The number of hydrogen-bond donors (Lipinski definition) is 3. The van der Waals surface area contributed by atoms with E-state index in [1.54, 1.807) is 0 Å². The molecule has 1 aromatic rings. The minimum absolute atomic E-state index is 0.122. The van der Waals surface area contributed by atoms with Crippen molar-refractivity contribution in [1.29, 1.82) is 0 Å². The van der Waals surface area contributed by atoms with Gasteiger partial charge in [-0.05, 0) is 19.0 Å². The van der Waals surface area contributed by atoms with E-state index < -0.39 is 11.7 Å². The second kappa shape index (κ2) is 9.57. The van der Waals surface area contributed by atoms with Gasteiger partial charge in [-0.25, -0.2) is 4.98 Å². The predicted octanol–water partition coefficient (Wildman–Crippen LogP) is 2.67. The first-order valence-corrected chi connectivity index (χ1v) is 7.66. The molecule has 3 N–H and O–H groups in total. The number of halogens is 4. The standard InChI is InChI=1S/C14H20ClF3N4O/c1-2-4-19-6-7-20-12(23)3-5-21-13-11(15)8-10(9-22-13)14(16,17)18/h8-9,19H,2-7H2,1H3,(H,20,23)(H,21,22). The number of aromatic nitrogens is 1. The Bertz CT molecular complexity index is 511. The van der Waals surface area contributed by atoms with Crippen molar-refractivity contribution in [3.8, 4) is 0 Å². The molecule has 23 heavy (non-hydrogen) atoms. The molecule has 0 atom stereocenters. The van der Waals surface area contributed by atoms with Gasteiger partial charge >= 0.3 is 6.18 Å². The van der Waals surface area contributed by atoms with Crippen LogP contribution in [0.3, 0.4) is 0 Å². The molecule has 0 bridgehead atoms. The summed E-state index contributed by atoms with van der Waals surface area (Å²) in [6.45, 7) is 4.40. The van der Waals surface area contributed by atoms with Crippen LogP contribution in [0.25, 0.3) is 0 Å². The van der Waals surface area contributed by atoms with Crippen LogP contribution >= 0.6 is 11.6 Å². The summed E-state index contributed by atoms with van der Waals surface area (Å²) in [5.41, 5.74) is -0.912. The van der Waals surface area contributed by atoms with Gasteiger partial charge in [0.2, 0.25) is 5.91 Å². The third-order valence-corrected chi connectivity index (χ3v) is 3.15. The number of carbonyl (C=O) groups excluding carboxylic acids is 1. The SMILES string of the molecule is CCCNCCNC(=O)CCNc1ncc(C(F)(F)F)cc1Cl. The fourth-order valence-corrected chi connectivity index (χ4v) is 1.93. The Kier molecular flexibility index (Phi) is 8.11. The topological polar surface area (TPSA) is 66.0 Å². The zero-order valence-electron chi connectivity index (χ0n) is 12.8. The third-order valence-electron chi connectivity index (χ3n) is 2.86. The van der Waals surface area contributed by atoms with Crippen LogP contribution in [0.15, 0.2) is 12.3 Å². The maximum absolute atomic E-state index is 12.5. The molecule has 1 aromatic heterocycles. The van der Waals surface area contributed by atoms with E-state index in [0.717, 1.165) is 19.0 Å². The summed E-state index contributed by atoms with van der Waals surface area (Å²) in [6.07, 6.45) is -2.58. The van der Waals surface area contributed by atoms with Crippen molar-refractivity contribution in [2.24, 2.45) is 0 Å². The van der Waals surface area contributed by atoms with Gasteiger partial charge in [-0.2, -0.15) is 13.2 Å². The number of nitrogens with zero attached hydrogens (tertiary/aromatic N) is 1. The highest BCUT2D eigenvalue weighted by atomic mass is 35.5. The molecular formula is C14H20ClF3N4O. The van der Waals surface area contributed by atoms with E-state index in [-0.39, 0.29) is 29.7 Å². The van der Waals surface area contributed by atoms with Gasteiger partial charge in [0.1, 0.15) is 5.82 Å². The number of rotatable bonds is 9. The molecule has 130 valence electrons. The summed E-state index contributed by atoms with van der Waals surface area (Å²) < 4.78 is 37.4. The zero-order chi connectivity index (χ0) is 17.3. The third kappa shape index (κ3) is 7.51. The Balaban J connectivity index is 2.31. The average Bonchev–Trinajstić information content (AvgIpc) is 2.47. The van der Waals surface area contributed by atoms with Gasteiger partial charge in [0.25, 0.3) is 0 Å². The van der Waals surface area contributed by atoms with Crippen molar-refractivity contribution < 1.29 is 18.0 Å². The molecule has 0 aliphatic heterocycles. The van der Waals surface area contributed by atoms with Crippen molar-refractivity contribution in [3.05, 3.63) is 22.8 Å². The minimum Gasteiger partial charge on any atom is -0.368 e. The summed E-state index contributed by atoms with van der Waals surface area (Å²) in [4.78, 5) is 15.2. The van der Waals surface area contributed by atoms with Crippen LogP contribution < -0.4 is 16.0 Å². The maximum Gasteiger partial charge on any atom is 0.417 e. The molecule has 0 saturated heterocycles. The van der Waals surface area contributed by atoms with Crippen LogP contribution in [0, 0.1) is 0 Å². The van der Waals surface area contributed by atoms with E-state index >= 15 is 0 Å². The van der Waals surface area contributed by atoms with E-state index in [0.29, 0.717) is 19.3 Å². The van der Waals surface area contributed by atoms with Crippen molar-refractivity contribution >= 4 is 23.3 Å². The van der Waals surface area contributed by atoms with Gasteiger partial charge in [0.05, 0.1) is 10.6 Å². The van der Waals surface area contributed by atoms with Gasteiger partial charge in [-0.1, -0.05) is 18.5 Å². The lowest BCUT2D eigenvalue weighted by Gasteiger charge is -2.11. The molecule has 0 radical (unpaired) electrons. The minimum atomic E-state index is -4.49. The van der Waals surface area contributed by atoms with Crippen molar-refractivity contribution in [1.82, 2.24) is 15.6 Å². The lowest BCUT2D eigenvalue weighted by Crippen LogP contribution is -2.32. The first-order chi connectivity index (χ1) is 10.8. The Labute approximate surface area is 138 Å². The molecule has 0 spiro atoms. The Hall–Kier alpha value is -1.54. The fourth-order valence-electron chi connectivity index (χ4n) is 1.70. The van der Waals surface area contributed by atoms with Crippen LogP contribution in [-0.2, 0) is 11.0 Å². The Morgan fingerprint density at radius 2 is 2.00 bits per heavy atom. The number of nitrogens with one attached hydrogen (secondary N) is 3. The van der Waals surface area contributed by atoms with E-state index in [9.17, 15) is 18.0 Å². The van der Waals surface area contributed by atoms with E-state index in [1.807, 2.05) is 0 Å². The molecular weight excluding hydrogens is 333 g/mol. The summed E-state index contributed by atoms with van der Waals surface area (Å²) in [6, 6.07) is 0.802. The summed E-state index contributed by atoms with van der Waals surface area (Å²) in [5, 5.41) is 8.49. The van der Waals surface area contributed by atoms with E-state index in [4.69, 9.17) is 11.6 Å². The summed E-state index contributed by atoms with van der Waals surface area (Å²) in [5.74, 6) is -0.0316. The molecule has 1 rings (SSSR count). The monoisotopic (exact) mass is 352 g/mol. The number of carbonyl (C=O) groups is 1. The van der Waals surface area contributed by atoms with E-state index in [1.165, 1.54) is 0 Å². The largest absolute Gasteiger partial charge is 0.417 e.